The molecule has 180 valence electrons. The van der Waals surface area contributed by atoms with Gasteiger partial charge >= 0.3 is 0 Å². The van der Waals surface area contributed by atoms with Crippen LogP contribution in [-0.2, 0) is 16.9 Å². The quantitative estimate of drug-likeness (QED) is 0.273. The van der Waals surface area contributed by atoms with E-state index < -0.39 is 5.72 Å². The van der Waals surface area contributed by atoms with Crippen LogP contribution in [0.1, 0.15) is 57.7 Å². The molecule has 4 heteroatoms. The summed E-state index contributed by atoms with van der Waals surface area (Å²) in [7, 11) is 4.59. The lowest BCUT2D eigenvalue weighted by atomic mass is 9.82. The average molecular weight is 462 g/mol. The standard InChI is InChI=1S/C28H44NO2.ClH/c1-9-30-19-18-29(7,8)28(21-23(4)5,31-25-15-11-10-12-16-25)27-17-13-14-24(6)26(27)20-22(2)3;/h10-17,22-23H,9,18-21H2,1-8H3;1H/q+1;/p-1. The first-order chi connectivity index (χ1) is 14.6. The summed E-state index contributed by atoms with van der Waals surface area (Å²) in [4.78, 5) is 0. The first-order valence-corrected chi connectivity index (χ1v) is 11.9. The van der Waals surface area contributed by atoms with Crippen molar-refractivity contribution in [3.05, 3.63) is 65.2 Å². The molecule has 0 saturated carbocycles. The first-order valence-electron chi connectivity index (χ1n) is 11.9. The van der Waals surface area contributed by atoms with E-state index >= 15 is 0 Å². The molecule has 0 aliphatic rings. The minimum Gasteiger partial charge on any atom is -1.00 e. The van der Waals surface area contributed by atoms with Crippen LogP contribution in [0.5, 0.6) is 5.75 Å². The van der Waals surface area contributed by atoms with E-state index in [0.29, 0.717) is 22.9 Å². The minimum atomic E-state index is -0.511. The van der Waals surface area contributed by atoms with Crippen LogP contribution >= 0.6 is 0 Å². The lowest BCUT2D eigenvalue weighted by Gasteiger charge is -2.49. The van der Waals surface area contributed by atoms with Gasteiger partial charge in [0.1, 0.15) is 12.3 Å². The van der Waals surface area contributed by atoms with Gasteiger partial charge in [-0.3, -0.25) is 4.48 Å². The van der Waals surface area contributed by atoms with Gasteiger partial charge in [0.2, 0.25) is 0 Å². The fourth-order valence-corrected chi connectivity index (χ4v) is 4.51. The molecule has 0 radical (unpaired) electrons. The summed E-state index contributed by atoms with van der Waals surface area (Å²) in [6, 6.07) is 17.1. The van der Waals surface area contributed by atoms with Crippen molar-refractivity contribution in [3.63, 3.8) is 0 Å². The fraction of sp³-hybridized carbons (Fsp3) is 0.571. The van der Waals surface area contributed by atoms with Gasteiger partial charge in [0.05, 0.1) is 26.3 Å². The second kappa shape index (κ2) is 12.6. The van der Waals surface area contributed by atoms with E-state index in [9.17, 15) is 0 Å². The molecule has 0 saturated heterocycles. The molecule has 2 aromatic rings. The van der Waals surface area contributed by atoms with Gasteiger partial charge in [-0.15, -0.1) is 0 Å². The molecule has 0 heterocycles. The van der Waals surface area contributed by atoms with Crippen molar-refractivity contribution in [3.8, 4) is 5.75 Å². The lowest BCUT2D eigenvalue weighted by Crippen LogP contribution is -3.00. The minimum absolute atomic E-state index is 0. The van der Waals surface area contributed by atoms with Crippen LogP contribution in [0.4, 0.5) is 0 Å². The van der Waals surface area contributed by atoms with E-state index in [-0.39, 0.29) is 12.4 Å². The number of ether oxygens (including phenoxy) is 2. The van der Waals surface area contributed by atoms with Crippen molar-refractivity contribution >= 4 is 0 Å². The van der Waals surface area contributed by atoms with Crippen LogP contribution < -0.4 is 17.1 Å². The van der Waals surface area contributed by atoms with Crippen molar-refractivity contribution in [2.75, 3.05) is 33.9 Å². The molecule has 0 N–H and O–H groups in total. The molecule has 0 spiro atoms. The summed E-state index contributed by atoms with van der Waals surface area (Å²) in [6.07, 6.45) is 1.97. The van der Waals surface area contributed by atoms with E-state index in [0.717, 1.165) is 31.7 Å². The maximum Gasteiger partial charge on any atom is 0.270 e. The Bertz CT molecular complexity index is 804. The molecule has 1 unspecified atom stereocenters. The normalized spacial score (nSPS) is 13.7. The number of hydrogen-bond donors (Lipinski definition) is 0. The lowest BCUT2D eigenvalue weighted by molar-refractivity contribution is -0.973. The van der Waals surface area contributed by atoms with E-state index in [2.05, 4.69) is 98.1 Å². The van der Waals surface area contributed by atoms with Crippen LogP contribution in [0.3, 0.4) is 0 Å². The van der Waals surface area contributed by atoms with Gasteiger partial charge < -0.3 is 21.9 Å². The van der Waals surface area contributed by atoms with Gasteiger partial charge in [0.15, 0.2) is 0 Å². The van der Waals surface area contributed by atoms with E-state index in [1.54, 1.807) is 0 Å². The van der Waals surface area contributed by atoms with E-state index in [1.807, 2.05) is 6.07 Å². The van der Waals surface area contributed by atoms with Gasteiger partial charge in [-0.25, -0.2) is 0 Å². The maximum absolute atomic E-state index is 7.09. The number of halogens is 1. The van der Waals surface area contributed by atoms with Crippen molar-refractivity contribution in [1.82, 2.24) is 0 Å². The first kappa shape index (κ1) is 28.5. The summed E-state index contributed by atoms with van der Waals surface area (Å²) < 4.78 is 13.6. The molecule has 0 amide bonds. The van der Waals surface area contributed by atoms with Gasteiger partial charge in [0, 0.05) is 13.0 Å². The van der Waals surface area contributed by atoms with E-state index in [1.165, 1.54) is 16.7 Å². The van der Waals surface area contributed by atoms with Gasteiger partial charge in [-0.1, -0.05) is 58.0 Å². The molecule has 2 aromatic carbocycles. The van der Waals surface area contributed by atoms with Gasteiger partial charge in [-0.2, -0.15) is 0 Å². The molecule has 1 atom stereocenters. The summed E-state index contributed by atoms with van der Waals surface area (Å²) in [5.74, 6) is 1.97. The summed E-state index contributed by atoms with van der Waals surface area (Å²) >= 11 is 0. The zero-order valence-corrected chi connectivity index (χ0v) is 22.2. The molecule has 0 bridgehead atoms. The molecule has 0 aliphatic heterocycles. The summed E-state index contributed by atoms with van der Waals surface area (Å²) in [5, 5.41) is 0. The third-order valence-electron chi connectivity index (χ3n) is 6.13. The smallest absolute Gasteiger partial charge is 0.270 e. The van der Waals surface area contributed by atoms with Crippen LogP contribution in [-0.4, -0.2) is 38.3 Å². The predicted molar refractivity (Wildman–Crippen MR) is 131 cm³/mol. The van der Waals surface area contributed by atoms with Crippen LogP contribution in [0.2, 0.25) is 0 Å². The van der Waals surface area contributed by atoms with E-state index in [4.69, 9.17) is 9.47 Å². The SMILES string of the molecule is CCOCC[N+](C)(C)C(CC(C)C)(Oc1ccccc1)c1cccc(C)c1CC(C)C.[Cl-]. The second-order valence-corrected chi connectivity index (χ2v) is 10.1. The maximum atomic E-state index is 7.09. The number of benzene rings is 2. The predicted octanol–water partition coefficient (Wildman–Crippen LogP) is 3.59. The third kappa shape index (κ3) is 6.97. The molecule has 0 aromatic heterocycles. The number of para-hydroxylation sites is 1. The Hall–Kier alpha value is -1.55. The van der Waals surface area contributed by atoms with Crippen molar-refractivity contribution in [2.24, 2.45) is 11.8 Å². The Balaban J connectivity index is 0.00000512. The van der Waals surface area contributed by atoms with Crippen LogP contribution in [0.25, 0.3) is 0 Å². The highest BCUT2D eigenvalue weighted by Gasteiger charge is 2.51. The van der Waals surface area contributed by atoms with Crippen LogP contribution in [0, 0.1) is 18.8 Å². The van der Waals surface area contributed by atoms with Gasteiger partial charge in [0.25, 0.3) is 5.72 Å². The van der Waals surface area contributed by atoms with Crippen molar-refractivity contribution < 1.29 is 26.4 Å². The monoisotopic (exact) mass is 461 g/mol. The number of rotatable bonds is 12. The number of quaternary nitrogens is 1. The van der Waals surface area contributed by atoms with Crippen LogP contribution in [0.15, 0.2) is 48.5 Å². The Morgan fingerprint density at radius 1 is 0.906 bits per heavy atom. The summed E-state index contributed by atoms with van der Waals surface area (Å²) in [6.45, 7) is 15.8. The number of hydrogen-bond acceptors (Lipinski definition) is 2. The number of nitrogens with zero attached hydrogens (tertiary/aromatic N) is 1. The Labute approximate surface area is 203 Å². The average Bonchev–Trinajstić information content (AvgIpc) is 2.69. The highest BCUT2D eigenvalue weighted by atomic mass is 35.5. The fourth-order valence-electron chi connectivity index (χ4n) is 4.51. The van der Waals surface area contributed by atoms with Crippen molar-refractivity contribution in [2.45, 2.75) is 60.1 Å². The molecular formula is C28H44ClNO2. The molecule has 0 aliphatic carbocycles. The van der Waals surface area contributed by atoms with Crippen molar-refractivity contribution in [1.29, 1.82) is 0 Å². The largest absolute Gasteiger partial charge is 1.00 e. The Morgan fingerprint density at radius 3 is 2.12 bits per heavy atom. The third-order valence-corrected chi connectivity index (χ3v) is 6.13. The molecule has 3 nitrogen and oxygen atoms in total. The highest BCUT2D eigenvalue weighted by molar-refractivity contribution is 5.39. The Kier molecular flexibility index (Phi) is 11.2. The topological polar surface area (TPSA) is 18.5 Å². The number of aryl methyl sites for hydroxylation is 1. The highest BCUT2D eigenvalue weighted by Crippen LogP contribution is 2.43. The zero-order valence-electron chi connectivity index (χ0n) is 21.5. The Morgan fingerprint density at radius 2 is 1.56 bits per heavy atom. The molecular weight excluding hydrogens is 418 g/mol. The van der Waals surface area contributed by atoms with Gasteiger partial charge in [-0.05, 0) is 61.4 Å². The molecule has 2 rings (SSSR count). The second-order valence-electron chi connectivity index (χ2n) is 10.1. The molecule has 0 fully saturated rings. The summed E-state index contributed by atoms with van der Waals surface area (Å²) in [5.41, 5.74) is 3.58. The zero-order chi connectivity index (χ0) is 23.1. The number of likely N-dealkylation sites (N-methyl/N-ethyl adjacent to an activating group) is 1. The molecule has 32 heavy (non-hydrogen) atoms.